The van der Waals surface area contributed by atoms with Crippen molar-refractivity contribution in [1.29, 1.82) is 0 Å². The van der Waals surface area contributed by atoms with Gasteiger partial charge in [0.15, 0.2) is 17.4 Å². The van der Waals surface area contributed by atoms with Crippen molar-refractivity contribution < 1.29 is 22.7 Å². The molecular formula is C24H18F3N3O2. The third-order valence-corrected chi connectivity index (χ3v) is 4.62. The van der Waals surface area contributed by atoms with Crippen molar-refractivity contribution >= 4 is 11.7 Å². The van der Waals surface area contributed by atoms with Gasteiger partial charge in [0.05, 0.1) is 6.54 Å². The highest BCUT2D eigenvalue weighted by atomic mass is 19.1. The van der Waals surface area contributed by atoms with Gasteiger partial charge in [-0.25, -0.2) is 13.2 Å². The van der Waals surface area contributed by atoms with E-state index in [-0.39, 0.29) is 24.1 Å². The fraction of sp³-hybridized carbons (Fsp3) is 0.0833. The molecule has 32 heavy (non-hydrogen) atoms. The number of halogens is 3. The van der Waals surface area contributed by atoms with Gasteiger partial charge in [-0.3, -0.25) is 9.48 Å². The maximum atomic E-state index is 13.7. The van der Waals surface area contributed by atoms with E-state index < -0.39 is 11.6 Å². The highest BCUT2D eigenvalue weighted by Crippen LogP contribution is 2.19. The van der Waals surface area contributed by atoms with Gasteiger partial charge < -0.3 is 10.1 Å². The van der Waals surface area contributed by atoms with E-state index in [1.54, 1.807) is 53.3 Å². The molecule has 5 nitrogen and oxygen atoms in total. The smallest absolute Gasteiger partial charge is 0.256 e. The topological polar surface area (TPSA) is 56.2 Å². The van der Waals surface area contributed by atoms with Crippen LogP contribution in [0.5, 0.6) is 5.75 Å². The molecule has 4 rings (SSSR count). The molecule has 0 spiro atoms. The molecule has 1 heterocycles. The Hall–Kier alpha value is -4.07. The average molecular weight is 437 g/mol. The summed E-state index contributed by atoms with van der Waals surface area (Å²) in [6.07, 6.45) is 1.71. The number of carbonyl (C=O) groups excluding carboxylic acids is 1. The number of nitrogens with zero attached hydrogens (tertiary/aromatic N) is 2. The van der Waals surface area contributed by atoms with Gasteiger partial charge in [-0.15, -0.1) is 0 Å². The van der Waals surface area contributed by atoms with Crippen LogP contribution < -0.4 is 10.1 Å². The predicted octanol–water partition coefficient (Wildman–Crippen LogP) is 5.18. The predicted molar refractivity (Wildman–Crippen MR) is 113 cm³/mol. The minimum absolute atomic E-state index is 0.00989. The van der Waals surface area contributed by atoms with Crippen molar-refractivity contribution in [2.24, 2.45) is 0 Å². The molecule has 0 fully saturated rings. The van der Waals surface area contributed by atoms with Gasteiger partial charge in [-0.05, 0) is 47.5 Å². The van der Waals surface area contributed by atoms with E-state index in [0.29, 0.717) is 23.5 Å². The zero-order valence-electron chi connectivity index (χ0n) is 16.8. The van der Waals surface area contributed by atoms with Gasteiger partial charge in [0, 0.05) is 23.9 Å². The molecular weight excluding hydrogens is 419 g/mol. The van der Waals surface area contributed by atoms with Gasteiger partial charge >= 0.3 is 0 Å². The van der Waals surface area contributed by atoms with E-state index in [1.807, 2.05) is 0 Å². The van der Waals surface area contributed by atoms with Crippen molar-refractivity contribution in [2.45, 2.75) is 13.2 Å². The van der Waals surface area contributed by atoms with E-state index in [2.05, 4.69) is 10.4 Å². The minimum atomic E-state index is -0.796. The van der Waals surface area contributed by atoms with Gasteiger partial charge in [0.2, 0.25) is 0 Å². The lowest BCUT2D eigenvalue weighted by molar-refractivity contribution is 0.102. The van der Waals surface area contributed by atoms with Gasteiger partial charge in [0.1, 0.15) is 18.2 Å². The van der Waals surface area contributed by atoms with Crippen LogP contribution in [0, 0.1) is 17.5 Å². The lowest BCUT2D eigenvalue weighted by atomic mass is 10.1. The number of hydrogen-bond acceptors (Lipinski definition) is 3. The number of benzene rings is 3. The zero-order valence-corrected chi connectivity index (χ0v) is 16.8. The zero-order chi connectivity index (χ0) is 22.5. The van der Waals surface area contributed by atoms with Crippen LogP contribution >= 0.6 is 0 Å². The normalized spacial score (nSPS) is 10.7. The Kier molecular flexibility index (Phi) is 6.21. The molecule has 0 saturated heterocycles. The second-order valence-corrected chi connectivity index (χ2v) is 7.04. The molecule has 0 aliphatic heterocycles. The maximum Gasteiger partial charge on any atom is 0.256 e. The van der Waals surface area contributed by atoms with E-state index in [0.717, 1.165) is 17.7 Å². The van der Waals surface area contributed by atoms with Gasteiger partial charge in [-0.1, -0.05) is 24.3 Å². The third kappa shape index (κ3) is 5.34. The molecule has 0 aliphatic rings. The first kappa shape index (κ1) is 21.2. The summed E-state index contributed by atoms with van der Waals surface area (Å²) in [4.78, 5) is 12.6. The Labute approximate surface area is 182 Å². The summed E-state index contributed by atoms with van der Waals surface area (Å²) < 4.78 is 46.7. The van der Waals surface area contributed by atoms with E-state index >= 15 is 0 Å². The number of aromatic nitrogens is 2. The maximum absolute atomic E-state index is 13.7. The molecule has 1 N–H and O–H groups in total. The van der Waals surface area contributed by atoms with Gasteiger partial charge in [-0.2, -0.15) is 5.10 Å². The first-order valence-electron chi connectivity index (χ1n) is 9.72. The first-order chi connectivity index (χ1) is 15.5. The number of hydrogen-bond donors (Lipinski definition) is 1. The number of amides is 1. The van der Waals surface area contributed by atoms with Crippen LogP contribution in [0.2, 0.25) is 0 Å². The monoisotopic (exact) mass is 437 g/mol. The minimum Gasteiger partial charge on any atom is -0.486 e. The number of rotatable bonds is 7. The van der Waals surface area contributed by atoms with Crippen LogP contribution in [0.3, 0.4) is 0 Å². The van der Waals surface area contributed by atoms with Crippen molar-refractivity contribution in [3.05, 3.63) is 113 Å². The lowest BCUT2D eigenvalue weighted by Crippen LogP contribution is -2.13. The molecule has 1 aromatic heterocycles. The second kappa shape index (κ2) is 9.38. The first-order valence-corrected chi connectivity index (χ1v) is 9.72. The molecule has 0 saturated carbocycles. The molecule has 0 unspecified atom stereocenters. The Bertz CT molecular complexity index is 1240. The summed E-state index contributed by atoms with van der Waals surface area (Å²) in [6, 6.07) is 17.5. The van der Waals surface area contributed by atoms with Crippen LogP contribution in [0.15, 0.2) is 79.0 Å². The van der Waals surface area contributed by atoms with Crippen LogP contribution in [0.1, 0.15) is 21.5 Å². The third-order valence-electron chi connectivity index (χ3n) is 4.62. The highest BCUT2D eigenvalue weighted by Gasteiger charge is 2.10. The van der Waals surface area contributed by atoms with E-state index in [4.69, 9.17) is 4.74 Å². The highest BCUT2D eigenvalue weighted by molar-refractivity contribution is 6.03. The van der Waals surface area contributed by atoms with E-state index in [9.17, 15) is 18.0 Å². The SMILES string of the molecule is O=C(Nc1ccn(Cc2ccc(F)cc2)n1)c1cccc(COc2ccc(F)cc2F)c1. The summed E-state index contributed by atoms with van der Waals surface area (Å²) in [5.74, 6) is -1.87. The Balaban J connectivity index is 1.37. The summed E-state index contributed by atoms with van der Waals surface area (Å²) in [5.41, 5.74) is 1.89. The van der Waals surface area contributed by atoms with Crippen molar-refractivity contribution in [3.63, 3.8) is 0 Å². The molecule has 0 aliphatic carbocycles. The number of nitrogens with one attached hydrogen (secondary N) is 1. The van der Waals surface area contributed by atoms with Crippen molar-refractivity contribution in [2.75, 3.05) is 5.32 Å². The average Bonchev–Trinajstić information content (AvgIpc) is 3.21. The quantitative estimate of drug-likeness (QED) is 0.434. The molecule has 0 atom stereocenters. The molecule has 1 amide bonds. The van der Waals surface area contributed by atoms with Gasteiger partial charge in [0.25, 0.3) is 5.91 Å². The summed E-state index contributed by atoms with van der Waals surface area (Å²) >= 11 is 0. The summed E-state index contributed by atoms with van der Waals surface area (Å²) in [5, 5.41) is 7.02. The molecule has 8 heteroatoms. The van der Waals surface area contributed by atoms with Crippen LogP contribution in [-0.2, 0) is 13.2 Å². The van der Waals surface area contributed by atoms with Crippen LogP contribution in [-0.4, -0.2) is 15.7 Å². The molecule has 3 aromatic carbocycles. The lowest BCUT2D eigenvalue weighted by Gasteiger charge is -2.09. The van der Waals surface area contributed by atoms with Crippen molar-refractivity contribution in [3.8, 4) is 5.75 Å². The molecule has 0 bridgehead atoms. The number of anilines is 1. The number of carbonyl (C=O) groups is 1. The standard InChI is InChI=1S/C24H18F3N3O2/c25-19-6-4-16(5-7-19)14-30-11-10-23(29-30)28-24(31)18-3-1-2-17(12-18)15-32-22-9-8-20(26)13-21(22)27/h1-13H,14-15H2,(H,28,29,31). The largest absolute Gasteiger partial charge is 0.486 e. The number of ether oxygens (including phenoxy) is 1. The Morgan fingerprint density at radius 1 is 0.906 bits per heavy atom. The fourth-order valence-corrected chi connectivity index (χ4v) is 3.04. The molecule has 162 valence electrons. The van der Waals surface area contributed by atoms with Crippen LogP contribution in [0.4, 0.5) is 19.0 Å². The summed E-state index contributed by atoms with van der Waals surface area (Å²) in [6.45, 7) is 0.443. The Morgan fingerprint density at radius 2 is 1.69 bits per heavy atom. The molecule has 4 aromatic rings. The Morgan fingerprint density at radius 3 is 2.47 bits per heavy atom. The molecule has 0 radical (unpaired) electrons. The van der Waals surface area contributed by atoms with Crippen molar-refractivity contribution in [1.82, 2.24) is 9.78 Å². The fourth-order valence-electron chi connectivity index (χ4n) is 3.04. The second-order valence-electron chi connectivity index (χ2n) is 7.04. The van der Waals surface area contributed by atoms with Crippen LogP contribution in [0.25, 0.3) is 0 Å². The summed E-state index contributed by atoms with van der Waals surface area (Å²) in [7, 11) is 0. The van der Waals surface area contributed by atoms with E-state index in [1.165, 1.54) is 18.2 Å².